The number of hydrogen-bond acceptors (Lipinski definition) is 6. The second kappa shape index (κ2) is 7.61. The second-order valence-electron chi connectivity index (χ2n) is 6.30. The maximum Gasteiger partial charge on any atom is 0.262 e. The SMILES string of the molecule is COCCCn1c(N=Nc2c(O)[nH]c3ccccc23)nc2ccccc2c1=O. The first kappa shape index (κ1) is 17.9. The summed E-state index contributed by atoms with van der Waals surface area (Å²) in [6.07, 6.45) is 0.636. The molecule has 0 radical (unpaired) electrons. The third-order valence-electron chi connectivity index (χ3n) is 4.47. The molecule has 0 saturated carbocycles. The van der Waals surface area contributed by atoms with Gasteiger partial charge in [-0.2, -0.15) is 0 Å². The molecule has 0 spiro atoms. The number of H-pyrrole nitrogens is 1. The van der Waals surface area contributed by atoms with E-state index in [1.807, 2.05) is 30.3 Å². The number of ether oxygens (including phenoxy) is 1. The van der Waals surface area contributed by atoms with E-state index >= 15 is 0 Å². The van der Waals surface area contributed by atoms with Gasteiger partial charge in [0.2, 0.25) is 5.88 Å². The molecular formula is C20H19N5O3. The third-order valence-corrected chi connectivity index (χ3v) is 4.47. The van der Waals surface area contributed by atoms with Crippen molar-refractivity contribution in [1.29, 1.82) is 0 Å². The second-order valence-corrected chi connectivity index (χ2v) is 6.30. The van der Waals surface area contributed by atoms with Gasteiger partial charge in [0, 0.05) is 25.6 Å². The van der Waals surface area contributed by atoms with Gasteiger partial charge in [-0.15, -0.1) is 10.2 Å². The molecule has 2 aromatic heterocycles. The maximum absolute atomic E-state index is 12.9. The fourth-order valence-electron chi connectivity index (χ4n) is 3.11. The average molecular weight is 377 g/mol. The first-order chi connectivity index (χ1) is 13.7. The Bertz CT molecular complexity index is 1230. The summed E-state index contributed by atoms with van der Waals surface area (Å²) in [5, 5.41) is 19.8. The van der Waals surface area contributed by atoms with Crippen molar-refractivity contribution in [2.75, 3.05) is 13.7 Å². The molecule has 0 bridgehead atoms. The molecule has 0 aliphatic rings. The number of nitrogens with one attached hydrogen (secondary N) is 1. The highest BCUT2D eigenvalue weighted by atomic mass is 16.5. The summed E-state index contributed by atoms with van der Waals surface area (Å²) >= 11 is 0. The summed E-state index contributed by atoms with van der Waals surface area (Å²) in [4.78, 5) is 20.3. The van der Waals surface area contributed by atoms with Gasteiger partial charge in [0.1, 0.15) is 0 Å². The Hall–Kier alpha value is -3.52. The Balaban J connectivity index is 1.82. The van der Waals surface area contributed by atoms with Gasteiger partial charge in [0.15, 0.2) is 5.69 Å². The number of fused-ring (bicyclic) bond motifs is 2. The van der Waals surface area contributed by atoms with Crippen LogP contribution in [0.5, 0.6) is 5.88 Å². The van der Waals surface area contributed by atoms with Gasteiger partial charge in [-0.1, -0.05) is 30.3 Å². The fraction of sp³-hybridized carbons (Fsp3) is 0.200. The Morgan fingerprint density at radius 1 is 1.11 bits per heavy atom. The maximum atomic E-state index is 12.9. The van der Waals surface area contributed by atoms with Crippen molar-refractivity contribution in [3.05, 3.63) is 58.9 Å². The zero-order valence-electron chi connectivity index (χ0n) is 15.3. The number of hydrogen-bond donors (Lipinski definition) is 2. The molecule has 0 saturated heterocycles. The van der Waals surface area contributed by atoms with Crippen LogP contribution in [0.15, 0.2) is 63.6 Å². The Labute approximate surface area is 160 Å². The van der Waals surface area contributed by atoms with Crippen molar-refractivity contribution in [3.8, 4) is 5.88 Å². The fourth-order valence-corrected chi connectivity index (χ4v) is 3.11. The van der Waals surface area contributed by atoms with E-state index in [2.05, 4.69) is 20.2 Å². The number of aromatic amines is 1. The van der Waals surface area contributed by atoms with Crippen LogP contribution in [-0.4, -0.2) is 33.4 Å². The lowest BCUT2D eigenvalue weighted by Crippen LogP contribution is -2.22. The summed E-state index contributed by atoms with van der Waals surface area (Å²) < 4.78 is 6.57. The van der Waals surface area contributed by atoms with Crippen LogP contribution in [0.4, 0.5) is 11.6 Å². The minimum atomic E-state index is -0.182. The van der Waals surface area contributed by atoms with E-state index in [1.54, 1.807) is 25.3 Å². The number of methoxy groups -OCH3 is 1. The van der Waals surface area contributed by atoms with E-state index in [4.69, 9.17) is 4.74 Å². The van der Waals surface area contributed by atoms with Gasteiger partial charge in [-0.3, -0.25) is 9.36 Å². The lowest BCUT2D eigenvalue weighted by molar-refractivity contribution is 0.190. The first-order valence-corrected chi connectivity index (χ1v) is 8.89. The molecule has 0 amide bonds. The minimum Gasteiger partial charge on any atom is -0.493 e. The summed E-state index contributed by atoms with van der Waals surface area (Å²) in [5.41, 5.74) is 1.42. The predicted octanol–water partition coefficient (Wildman–Crippen LogP) is 4.04. The topological polar surface area (TPSA) is 105 Å². The molecule has 28 heavy (non-hydrogen) atoms. The molecule has 2 N–H and O–H groups in total. The van der Waals surface area contributed by atoms with Crippen molar-refractivity contribution in [2.45, 2.75) is 13.0 Å². The van der Waals surface area contributed by atoms with Crippen LogP contribution in [0.2, 0.25) is 0 Å². The van der Waals surface area contributed by atoms with Crippen molar-refractivity contribution in [2.24, 2.45) is 10.2 Å². The van der Waals surface area contributed by atoms with Crippen molar-refractivity contribution in [1.82, 2.24) is 14.5 Å². The van der Waals surface area contributed by atoms with E-state index in [1.165, 1.54) is 4.57 Å². The zero-order valence-corrected chi connectivity index (χ0v) is 15.3. The van der Waals surface area contributed by atoms with E-state index in [0.29, 0.717) is 36.2 Å². The number of nitrogens with zero attached hydrogens (tertiary/aromatic N) is 4. The van der Waals surface area contributed by atoms with Crippen molar-refractivity contribution < 1.29 is 9.84 Å². The van der Waals surface area contributed by atoms with Gasteiger partial charge in [-0.05, 0) is 24.6 Å². The molecule has 142 valence electrons. The lowest BCUT2D eigenvalue weighted by atomic mass is 10.2. The van der Waals surface area contributed by atoms with E-state index in [0.717, 1.165) is 10.9 Å². The van der Waals surface area contributed by atoms with Crippen molar-refractivity contribution in [3.63, 3.8) is 0 Å². The molecule has 0 unspecified atom stereocenters. The van der Waals surface area contributed by atoms with Gasteiger partial charge in [0.05, 0.1) is 16.4 Å². The van der Waals surface area contributed by atoms with Gasteiger partial charge >= 0.3 is 0 Å². The lowest BCUT2D eigenvalue weighted by Gasteiger charge is -2.09. The zero-order chi connectivity index (χ0) is 19.5. The standard InChI is InChI=1S/C20H19N5O3/c1-28-12-6-11-25-19(27)14-8-3-5-10-16(14)22-20(25)24-23-17-13-7-2-4-9-15(13)21-18(17)26/h2-5,7-10,21,26H,6,11-12H2,1H3. The number of benzene rings is 2. The molecule has 2 aromatic carbocycles. The third kappa shape index (κ3) is 3.25. The van der Waals surface area contributed by atoms with Crippen LogP contribution >= 0.6 is 0 Å². The minimum absolute atomic E-state index is 0.0842. The predicted molar refractivity (Wildman–Crippen MR) is 107 cm³/mol. The smallest absolute Gasteiger partial charge is 0.262 e. The quantitative estimate of drug-likeness (QED) is 0.391. The number of rotatable bonds is 6. The monoisotopic (exact) mass is 377 g/mol. The van der Waals surface area contributed by atoms with Crippen LogP contribution in [0.25, 0.3) is 21.8 Å². The van der Waals surface area contributed by atoms with Crippen LogP contribution in [0, 0.1) is 0 Å². The summed E-state index contributed by atoms with van der Waals surface area (Å²) in [6, 6.07) is 14.5. The van der Waals surface area contributed by atoms with E-state index < -0.39 is 0 Å². The van der Waals surface area contributed by atoms with Crippen LogP contribution in [0.3, 0.4) is 0 Å². The Kier molecular flexibility index (Phi) is 4.86. The molecule has 4 rings (SSSR count). The summed E-state index contributed by atoms with van der Waals surface area (Å²) in [5.74, 6) is 0.100. The molecule has 0 aliphatic heterocycles. The highest BCUT2D eigenvalue weighted by Gasteiger charge is 2.13. The van der Waals surface area contributed by atoms with E-state index in [-0.39, 0.29) is 17.4 Å². The number of azo groups is 1. The van der Waals surface area contributed by atoms with Crippen LogP contribution in [-0.2, 0) is 11.3 Å². The molecule has 2 heterocycles. The molecular weight excluding hydrogens is 358 g/mol. The Morgan fingerprint density at radius 3 is 2.68 bits per heavy atom. The highest BCUT2D eigenvalue weighted by Crippen LogP contribution is 2.35. The molecule has 0 aliphatic carbocycles. The molecule has 0 fully saturated rings. The highest BCUT2D eigenvalue weighted by molar-refractivity contribution is 5.94. The molecule has 4 aromatic rings. The average Bonchev–Trinajstić information content (AvgIpc) is 3.03. The Morgan fingerprint density at radius 2 is 1.86 bits per heavy atom. The largest absolute Gasteiger partial charge is 0.493 e. The van der Waals surface area contributed by atoms with E-state index in [9.17, 15) is 9.90 Å². The number of aromatic nitrogens is 3. The molecule has 0 atom stereocenters. The van der Waals surface area contributed by atoms with Gasteiger partial charge in [0.25, 0.3) is 11.5 Å². The van der Waals surface area contributed by atoms with Crippen LogP contribution < -0.4 is 5.56 Å². The van der Waals surface area contributed by atoms with Crippen molar-refractivity contribution >= 4 is 33.4 Å². The van der Waals surface area contributed by atoms with Crippen LogP contribution in [0.1, 0.15) is 6.42 Å². The summed E-state index contributed by atoms with van der Waals surface area (Å²) in [6.45, 7) is 0.914. The molecule has 8 nitrogen and oxygen atoms in total. The normalized spacial score (nSPS) is 11.8. The van der Waals surface area contributed by atoms with Gasteiger partial charge in [-0.25, -0.2) is 4.98 Å². The number of para-hydroxylation sites is 2. The number of aromatic hydroxyl groups is 1. The van der Waals surface area contributed by atoms with Gasteiger partial charge < -0.3 is 14.8 Å². The molecule has 8 heteroatoms. The summed E-state index contributed by atoms with van der Waals surface area (Å²) in [7, 11) is 1.61. The first-order valence-electron chi connectivity index (χ1n) is 8.89.